The van der Waals surface area contributed by atoms with E-state index in [2.05, 4.69) is 43.5 Å². The lowest BCUT2D eigenvalue weighted by Gasteiger charge is -2.19. The van der Waals surface area contributed by atoms with Crippen molar-refractivity contribution < 1.29 is 15.0 Å². The van der Waals surface area contributed by atoms with Crippen molar-refractivity contribution in [1.82, 2.24) is 5.32 Å². The van der Waals surface area contributed by atoms with Gasteiger partial charge in [-0.05, 0) is 57.8 Å². The second-order valence-corrected chi connectivity index (χ2v) is 19.3. The minimum Gasteiger partial charge on any atom is -0.394 e. The molecule has 2 atom stereocenters. The van der Waals surface area contributed by atoms with Crippen molar-refractivity contribution in [3.8, 4) is 0 Å². The molecule has 4 heteroatoms. The van der Waals surface area contributed by atoms with Crippen molar-refractivity contribution >= 4 is 5.91 Å². The van der Waals surface area contributed by atoms with Crippen LogP contribution in [0.1, 0.15) is 309 Å². The van der Waals surface area contributed by atoms with Gasteiger partial charge in [-0.25, -0.2) is 0 Å². The number of allylic oxidation sites excluding steroid dienone is 5. The molecule has 0 heterocycles. The summed E-state index contributed by atoms with van der Waals surface area (Å²) in [6.45, 7) is 4.33. The Balaban J connectivity index is 3.49. The topological polar surface area (TPSA) is 69.6 Å². The van der Waals surface area contributed by atoms with Crippen LogP contribution in [0.25, 0.3) is 0 Å². The molecule has 62 heavy (non-hydrogen) atoms. The SMILES string of the molecule is CCCCCCCCCCCCCC/C=C\CCCCCCCCCCCCCCCCC(=O)NC(CO)C(O)/C=C/CC/C=C/CCCCCCCCCCCCCCCC. The van der Waals surface area contributed by atoms with Gasteiger partial charge in [0.1, 0.15) is 0 Å². The molecule has 0 bridgehead atoms. The fourth-order valence-corrected chi connectivity index (χ4v) is 8.78. The summed E-state index contributed by atoms with van der Waals surface area (Å²) in [6, 6.07) is -0.638. The van der Waals surface area contributed by atoms with Gasteiger partial charge >= 0.3 is 0 Å². The van der Waals surface area contributed by atoms with E-state index in [1.807, 2.05) is 6.08 Å². The number of unbranched alkanes of at least 4 members (excludes halogenated alkanes) is 41. The van der Waals surface area contributed by atoms with Crippen LogP contribution in [-0.4, -0.2) is 34.9 Å². The van der Waals surface area contributed by atoms with Crippen molar-refractivity contribution in [3.63, 3.8) is 0 Å². The molecule has 0 aromatic rings. The Morgan fingerprint density at radius 2 is 0.629 bits per heavy atom. The van der Waals surface area contributed by atoms with Crippen molar-refractivity contribution in [2.45, 2.75) is 321 Å². The third kappa shape index (κ3) is 49.6. The van der Waals surface area contributed by atoms with E-state index in [0.717, 1.165) is 32.1 Å². The Labute approximate surface area is 389 Å². The lowest BCUT2D eigenvalue weighted by molar-refractivity contribution is -0.123. The van der Waals surface area contributed by atoms with E-state index in [9.17, 15) is 15.0 Å². The zero-order valence-electron chi connectivity index (χ0n) is 42.2. The molecule has 0 fully saturated rings. The summed E-state index contributed by atoms with van der Waals surface area (Å²) in [5.74, 6) is -0.0695. The van der Waals surface area contributed by atoms with E-state index in [1.165, 1.54) is 257 Å². The number of nitrogens with one attached hydrogen (secondary N) is 1. The Kier molecular flexibility index (Phi) is 52.7. The van der Waals surface area contributed by atoms with Crippen LogP contribution in [-0.2, 0) is 4.79 Å². The number of hydrogen-bond donors (Lipinski definition) is 3. The van der Waals surface area contributed by atoms with Crippen LogP contribution in [0.2, 0.25) is 0 Å². The van der Waals surface area contributed by atoms with Crippen molar-refractivity contribution in [3.05, 3.63) is 36.5 Å². The Hall–Kier alpha value is -1.39. The molecule has 0 aliphatic rings. The highest BCUT2D eigenvalue weighted by molar-refractivity contribution is 5.76. The maximum atomic E-state index is 12.5. The maximum absolute atomic E-state index is 12.5. The Bertz CT molecular complexity index is 943. The van der Waals surface area contributed by atoms with Crippen LogP contribution < -0.4 is 5.32 Å². The minimum absolute atomic E-state index is 0.0695. The molecule has 0 rings (SSSR count). The third-order valence-corrected chi connectivity index (χ3v) is 13.1. The summed E-state index contributed by atoms with van der Waals surface area (Å²) in [4.78, 5) is 12.5. The summed E-state index contributed by atoms with van der Waals surface area (Å²) in [6.07, 6.45) is 73.1. The fraction of sp³-hybridized carbons (Fsp3) is 0.879. The molecule has 0 aromatic heterocycles. The van der Waals surface area contributed by atoms with Crippen LogP contribution in [0, 0.1) is 0 Å². The van der Waals surface area contributed by atoms with Crippen molar-refractivity contribution in [2.24, 2.45) is 0 Å². The first kappa shape index (κ1) is 60.6. The average Bonchev–Trinajstić information content (AvgIpc) is 3.28. The molecule has 0 radical (unpaired) electrons. The number of carbonyl (C=O) groups excluding carboxylic acids is 1. The summed E-state index contributed by atoms with van der Waals surface area (Å²) in [5.41, 5.74) is 0. The van der Waals surface area contributed by atoms with Gasteiger partial charge in [0.05, 0.1) is 18.8 Å². The first-order chi connectivity index (χ1) is 30.7. The highest BCUT2D eigenvalue weighted by Gasteiger charge is 2.18. The normalized spacial score (nSPS) is 13.0. The smallest absolute Gasteiger partial charge is 0.220 e. The van der Waals surface area contributed by atoms with Gasteiger partial charge in [-0.1, -0.05) is 281 Å². The van der Waals surface area contributed by atoms with Crippen LogP contribution in [0.5, 0.6) is 0 Å². The van der Waals surface area contributed by atoms with Gasteiger partial charge in [-0.15, -0.1) is 0 Å². The Morgan fingerprint density at radius 1 is 0.371 bits per heavy atom. The first-order valence-electron chi connectivity index (χ1n) is 28.2. The van der Waals surface area contributed by atoms with E-state index in [0.29, 0.717) is 6.42 Å². The Morgan fingerprint density at radius 3 is 0.935 bits per heavy atom. The predicted octanol–water partition coefficient (Wildman–Crippen LogP) is 18.5. The number of hydrogen-bond acceptors (Lipinski definition) is 3. The zero-order chi connectivity index (χ0) is 44.9. The monoisotopic (exact) mass is 870 g/mol. The van der Waals surface area contributed by atoms with Crippen LogP contribution in [0.4, 0.5) is 0 Å². The van der Waals surface area contributed by atoms with Crippen LogP contribution in [0.15, 0.2) is 36.5 Å². The third-order valence-electron chi connectivity index (χ3n) is 13.1. The van der Waals surface area contributed by atoms with Gasteiger partial charge in [-0.2, -0.15) is 0 Å². The minimum atomic E-state index is -0.862. The molecule has 3 N–H and O–H groups in total. The molecule has 1 amide bonds. The molecule has 0 aliphatic heterocycles. The largest absolute Gasteiger partial charge is 0.394 e. The maximum Gasteiger partial charge on any atom is 0.220 e. The standard InChI is InChI=1S/C58H111NO3/c1-3-5-7-9-11-13-15-17-19-21-23-25-26-27-28-29-30-31-32-33-34-36-38-40-42-44-46-48-50-52-54-58(62)59-56(55-60)57(61)53-51-49-47-45-43-41-39-37-35-24-22-20-18-16-14-12-10-8-6-4-2/h27-28,43,45,51,53,56-57,60-61H,3-26,29-42,44,46-50,52,54-55H2,1-2H3,(H,59,62)/b28-27-,45-43+,53-51+. The number of rotatable bonds is 52. The van der Waals surface area contributed by atoms with Crippen molar-refractivity contribution in [1.29, 1.82) is 0 Å². The number of amides is 1. The molecular formula is C58H111NO3. The van der Waals surface area contributed by atoms with Gasteiger partial charge in [0.15, 0.2) is 0 Å². The highest BCUT2D eigenvalue weighted by Crippen LogP contribution is 2.17. The summed E-state index contributed by atoms with van der Waals surface area (Å²) in [7, 11) is 0. The van der Waals surface area contributed by atoms with Crippen LogP contribution >= 0.6 is 0 Å². The number of aliphatic hydroxyl groups is 2. The highest BCUT2D eigenvalue weighted by atomic mass is 16.3. The lowest BCUT2D eigenvalue weighted by atomic mass is 10.0. The first-order valence-corrected chi connectivity index (χ1v) is 28.2. The summed E-state index contributed by atoms with van der Waals surface area (Å²) in [5, 5.41) is 23.1. The fourth-order valence-electron chi connectivity index (χ4n) is 8.78. The summed E-state index contributed by atoms with van der Waals surface area (Å²) < 4.78 is 0. The molecule has 366 valence electrons. The molecule has 0 saturated heterocycles. The zero-order valence-corrected chi connectivity index (χ0v) is 42.2. The second kappa shape index (κ2) is 53.9. The van der Waals surface area contributed by atoms with E-state index in [-0.39, 0.29) is 12.5 Å². The van der Waals surface area contributed by atoms with E-state index in [1.54, 1.807) is 6.08 Å². The van der Waals surface area contributed by atoms with E-state index < -0.39 is 12.1 Å². The van der Waals surface area contributed by atoms with Gasteiger partial charge in [-0.3, -0.25) is 4.79 Å². The molecule has 0 spiro atoms. The second-order valence-electron chi connectivity index (χ2n) is 19.3. The molecular weight excluding hydrogens is 759 g/mol. The number of aliphatic hydroxyl groups excluding tert-OH is 2. The van der Waals surface area contributed by atoms with Gasteiger partial charge < -0.3 is 15.5 Å². The van der Waals surface area contributed by atoms with Crippen LogP contribution in [0.3, 0.4) is 0 Å². The molecule has 0 saturated carbocycles. The van der Waals surface area contributed by atoms with Gasteiger partial charge in [0.25, 0.3) is 0 Å². The molecule has 0 aliphatic carbocycles. The quantitative estimate of drug-likeness (QED) is 0.0421. The van der Waals surface area contributed by atoms with Gasteiger partial charge in [0, 0.05) is 6.42 Å². The van der Waals surface area contributed by atoms with Gasteiger partial charge in [0.2, 0.25) is 5.91 Å². The van der Waals surface area contributed by atoms with E-state index in [4.69, 9.17) is 0 Å². The molecule has 2 unspecified atom stereocenters. The molecule has 4 nitrogen and oxygen atoms in total. The predicted molar refractivity (Wildman–Crippen MR) is 276 cm³/mol. The van der Waals surface area contributed by atoms with E-state index >= 15 is 0 Å². The van der Waals surface area contributed by atoms with Crippen molar-refractivity contribution in [2.75, 3.05) is 6.61 Å². The molecule has 0 aromatic carbocycles. The lowest BCUT2D eigenvalue weighted by Crippen LogP contribution is -2.45. The number of carbonyl (C=O) groups is 1. The average molecular weight is 871 g/mol. The summed E-state index contributed by atoms with van der Waals surface area (Å²) >= 11 is 0.